The van der Waals surface area contributed by atoms with Crippen molar-refractivity contribution in [2.45, 2.75) is 62.7 Å². The molecule has 16 nitrogen and oxygen atoms in total. The molecule has 4 aromatic rings. The fraction of sp³-hybridized carbons (Fsp3) is 0.333. The summed E-state index contributed by atoms with van der Waals surface area (Å²) in [6.07, 6.45) is 3.15. The topological polar surface area (TPSA) is 284 Å². The average Bonchev–Trinajstić information content (AvgIpc) is 3.67. The van der Waals surface area contributed by atoms with Crippen LogP contribution in [0, 0.1) is 0 Å². The number of aromatic amines is 2. The molecule has 4 atom stereocenters. The molecule has 3 amide bonds. The number of rotatable bonds is 18. The number of carboxylic acid groups (broad SMARTS) is 2. The van der Waals surface area contributed by atoms with Crippen LogP contribution in [0.25, 0.3) is 21.8 Å². The number of aromatic nitrogens is 2. The Morgan fingerprint density at radius 3 is 1.69 bits per heavy atom. The molecule has 4 unspecified atom stereocenters. The minimum absolute atomic E-state index is 0.00277. The molecule has 0 aliphatic carbocycles. The van der Waals surface area contributed by atoms with E-state index >= 15 is 0 Å². The molecule has 0 bridgehead atoms. The van der Waals surface area contributed by atoms with Gasteiger partial charge in [0.2, 0.25) is 17.7 Å². The Morgan fingerprint density at radius 2 is 1.20 bits per heavy atom. The number of carbonyl (C=O) groups is 5. The number of aliphatic carboxylic acids is 2. The van der Waals surface area contributed by atoms with Gasteiger partial charge in [-0.1, -0.05) is 36.4 Å². The van der Waals surface area contributed by atoms with Crippen molar-refractivity contribution < 1.29 is 34.2 Å². The molecule has 0 saturated heterocycles. The largest absolute Gasteiger partial charge is 0.481 e. The Bertz CT molecular complexity index is 1830. The number of nitrogens with one attached hydrogen (secondary N) is 5. The van der Waals surface area contributed by atoms with E-state index in [-0.39, 0.29) is 51.0 Å². The third-order valence-electron chi connectivity index (χ3n) is 8.03. The van der Waals surface area contributed by atoms with E-state index in [1.807, 2.05) is 48.5 Å². The quantitative estimate of drug-likeness (QED) is 0.0389. The van der Waals surface area contributed by atoms with Crippen LogP contribution in [-0.2, 0) is 36.8 Å². The fourth-order valence-corrected chi connectivity index (χ4v) is 5.45. The molecular formula is C33H41N9O7. The van der Waals surface area contributed by atoms with Gasteiger partial charge in [-0.15, -0.1) is 0 Å². The van der Waals surface area contributed by atoms with Gasteiger partial charge in [-0.25, -0.2) is 4.79 Å². The van der Waals surface area contributed by atoms with E-state index in [0.29, 0.717) is 11.1 Å². The summed E-state index contributed by atoms with van der Waals surface area (Å²) < 4.78 is 0. The van der Waals surface area contributed by atoms with Crippen molar-refractivity contribution in [1.82, 2.24) is 25.9 Å². The van der Waals surface area contributed by atoms with Crippen molar-refractivity contribution in [3.05, 3.63) is 72.1 Å². The highest BCUT2D eigenvalue weighted by Crippen LogP contribution is 2.21. The smallest absolute Gasteiger partial charge is 0.326 e. The predicted octanol–water partition coefficient (Wildman–Crippen LogP) is 0.219. The Morgan fingerprint density at radius 1 is 0.714 bits per heavy atom. The van der Waals surface area contributed by atoms with Gasteiger partial charge in [0.25, 0.3) is 0 Å². The number of H-pyrrole nitrogens is 2. The van der Waals surface area contributed by atoms with E-state index in [0.717, 1.165) is 21.8 Å². The molecule has 0 fully saturated rings. The number of amides is 3. The summed E-state index contributed by atoms with van der Waals surface area (Å²) in [6.45, 7) is 0.154. The highest BCUT2D eigenvalue weighted by atomic mass is 16.4. The van der Waals surface area contributed by atoms with Crippen molar-refractivity contribution in [3.63, 3.8) is 0 Å². The lowest BCUT2D eigenvalue weighted by Crippen LogP contribution is -2.58. The van der Waals surface area contributed by atoms with Crippen LogP contribution in [0.15, 0.2) is 65.9 Å². The van der Waals surface area contributed by atoms with Gasteiger partial charge >= 0.3 is 11.9 Å². The van der Waals surface area contributed by atoms with E-state index in [1.54, 1.807) is 12.4 Å². The molecule has 2 aromatic heterocycles. The zero-order chi connectivity index (χ0) is 35.5. The van der Waals surface area contributed by atoms with Crippen molar-refractivity contribution in [1.29, 1.82) is 0 Å². The van der Waals surface area contributed by atoms with Gasteiger partial charge in [0.15, 0.2) is 5.96 Å². The maximum absolute atomic E-state index is 14.0. The van der Waals surface area contributed by atoms with Crippen molar-refractivity contribution >= 4 is 57.4 Å². The second-order valence-corrected chi connectivity index (χ2v) is 11.6. The van der Waals surface area contributed by atoms with Gasteiger partial charge < -0.3 is 53.3 Å². The average molecular weight is 676 g/mol. The minimum atomic E-state index is -1.31. The molecule has 49 heavy (non-hydrogen) atoms. The molecule has 4 rings (SSSR count). The molecule has 260 valence electrons. The maximum Gasteiger partial charge on any atom is 0.326 e. The molecule has 2 aromatic carbocycles. The summed E-state index contributed by atoms with van der Waals surface area (Å²) in [7, 11) is 0. The van der Waals surface area contributed by atoms with Gasteiger partial charge in [0.05, 0.1) is 6.04 Å². The molecule has 0 radical (unpaired) electrons. The SMILES string of the molecule is NC(N)=NCCCC(NC(=O)C(Cc1c[nH]c2ccccc12)NC(=O)C(Cc1c[nH]c2ccccc12)NC(=O)C(N)CCC(=O)O)C(=O)O. The molecule has 0 saturated carbocycles. The number of hydrogen-bond donors (Lipinski definition) is 10. The van der Waals surface area contributed by atoms with Crippen LogP contribution < -0.4 is 33.2 Å². The Hall–Kier alpha value is -5.90. The molecule has 16 heteroatoms. The number of nitrogens with two attached hydrogens (primary N) is 3. The summed E-state index contributed by atoms with van der Waals surface area (Å²) >= 11 is 0. The number of hydrogen-bond acceptors (Lipinski definition) is 7. The van der Waals surface area contributed by atoms with Gasteiger partial charge in [0.1, 0.15) is 18.1 Å². The summed E-state index contributed by atoms with van der Waals surface area (Å²) in [5.74, 6) is -4.79. The number of carbonyl (C=O) groups excluding carboxylic acids is 3. The van der Waals surface area contributed by atoms with Crippen molar-refractivity contribution in [3.8, 4) is 0 Å². The van der Waals surface area contributed by atoms with E-state index in [2.05, 4.69) is 30.9 Å². The van der Waals surface area contributed by atoms with E-state index in [1.165, 1.54) is 0 Å². The van der Waals surface area contributed by atoms with Gasteiger partial charge in [-0.05, 0) is 42.5 Å². The number of carboxylic acids is 2. The minimum Gasteiger partial charge on any atom is -0.481 e. The number of fused-ring (bicyclic) bond motifs is 2. The van der Waals surface area contributed by atoms with Gasteiger partial charge in [-0.2, -0.15) is 0 Å². The second-order valence-electron chi connectivity index (χ2n) is 11.6. The lowest BCUT2D eigenvalue weighted by Gasteiger charge is -2.25. The first-order valence-electron chi connectivity index (χ1n) is 15.7. The van der Waals surface area contributed by atoms with Crippen LogP contribution in [0.1, 0.15) is 36.8 Å². The van der Waals surface area contributed by atoms with Crippen molar-refractivity contribution in [2.24, 2.45) is 22.2 Å². The molecule has 0 aliphatic heterocycles. The Labute approximate surface area is 280 Å². The standard InChI is InChI=1S/C33H41N9O7/c34-22(11-12-28(43)44)29(45)41-26(14-18-16-38-23-8-3-1-6-20(18)23)31(47)42-27(15-19-17-39-24-9-4-2-7-21(19)24)30(46)40-25(32(48)49)10-5-13-37-33(35)36/h1-4,6-9,16-17,22,25-27,38-39H,5,10-15,34H2,(H,40,46)(H,41,45)(H,42,47)(H,43,44)(H,48,49)(H4,35,36,37). The number of benzene rings is 2. The molecule has 2 heterocycles. The van der Waals surface area contributed by atoms with Crippen LogP contribution in [0.2, 0.25) is 0 Å². The number of nitrogens with zero attached hydrogens (tertiary/aromatic N) is 1. The van der Waals surface area contributed by atoms with Crippen molar-refractivity contribution in [2.75, 3.05) is 6.54 Å². The van der Waals surface area contributed by atoms with Crippen LogP contribution in [-0.4, -0.2) is 86.5 Å². The summed E-state index contributed by atoms with van der Waals surface area (Å²) in [5, 5.41) is 28.4. The zero-order valence-electron chi connectivity index (χ0n) is 26.6. The van der Waals surface area contributed by atoms with E-state index in [9.17, 15) is 29.1 Å². The van der Waals surface area contributed by atoms with Crippen LogP contribution in [0.4, 0.5) is 0 Å². The molecule has 0 aliphatic rings. The van der Waals surface area contributed by atoms with Crippen LogP contribution >= 0.6 is 0 Å². The summed E-state index contributed by atoms with van der Waals surface area (Å²) in [4.78, 5) is 74.1. The Balaban J connectivity index is 1.61. The lowest BCUT2D eigenvalue weighted by atomic mass is 10.0. The predicted molar refractivity (Wildman–Crippen MR) is 182 cm³/mol. The zero-order valence-corrected chi connectivity index (χ0v) is 26.6. The monoisotopic (exact) mass is 675 g/mol. The molecule has 13 N–H and O–H groups in total. The number of para-hydroxylation sites is 2. The number of aliphatic imine (C=N–C) groups is 1. The van der Waals surface area contributed by atoms with E-state index in [4.69, 9.17) is 22.3 Å². The highest BCUT2D eigenvalue weighted by Gasteiger charge is 2.31. The second kappa shape index (κ2) is 16.8. The fourth-order valence-electron chi connectivity index (χ4n) is 5.45. The first kappa shape index (κ1) is 35.9. The van der Waals surface area contributed by atoms with Gasteiger partial charge in [-0.3, -0.25) is 24.2 Å². The van der Waals surface area contributed by atoms with Crippen LogP contribution in [0.5, 0.6) is 0 Å². The third kappa shape index (κ3) is 10.0. The molecular weight excluding hydrogens is 634 g/mol. The first-order chi connectivity index (χ1) is 23.4. The summed E-state index contributed by atoms with van der Waals surface area (Å²) in [5.41, 5.74) is 19.6. The third-order valence-corrected chi connectivity index (χ3v) is 8.03. The highest BCUT2D eigenvalue weighted by molar-refractivity contribution is 5.95. The molecule has 0 spiro atoms. The van der Waals surface area contributed by atoms with Gasteiger partial charge in [0, 0.05) is 60.0 Å². The van der Waals surface area contributed by atoms with E-state index < -0.39 is 53.8 Å². The normalized spacial score (nSPS) is 13.6. The lowest BCUT2D eigenvalue weighted by molar-refractivity contribution is -0.142. The number of guanidine groups is 1. The van der Waals surface area contributed by atoms with Crippen LogP contribution in [0.3, 0.4) is 0 Å². The first-order valence-corrected chi connectivity index (χ1v) is 15.7. The maximum atomic E-state index is 14.0. The summed E-state index contributed by atoms with van der Waals surface area (Å²) in [6, 6.07) is 9.71. The Kier molecular flexibility index (Phi) is 12.3.